The molecule has 7 rings (SSSR count). The lowest BCUT2D eigenvalue weighted by Crippen LogP contribution is -2.44. The molecule has 0 radical (unpaired) electrons. The minimum absolute atomic E-state index is 0.274. The fourth-order valence-corrected chi connectivity index (χ4v) is 6.41. The lowest BCUT2D eigenvalue weighted by Gasteiger charge is -2.36. The number of fused-ring (bicyclic) bond motifs is 4. The van der Waals surface area contributed by atoms with E-state index in [2.05, 4.69) is 10.3 Å². The number of nitrogens with one attached hydrogen (secondary N) is 2. The van der Waals surface area contributed by atoms with Crippen LogP contribution in [0.25, 0.3) is 10.9 Å². The fourth-order valence-electron chi connectivity index (χ4n) is 6.41. The van der Waals surface area contributed by atoms with Crippen LogP contribution in [-0.2, 0) is 17.6 Å². The first kappa shape index (κ1) is 26.6. The predicted molar refractivity (Wildman–Crippen MR) is 162 cm³/mol. The van der Waals surface area contributed by atoms with E-state index in [1.54, 1.807) is 47.4 Å². The van der Waals surface area contributed by atoms with E-state index in [4.69, 9.17) is 0 Å². The van der Waals surface area contributed by atoms with Crippen molar-refractivity contribution in [3.8, 4) is 0 Å². The Bertz CT molecular complexity index is 1900. The van der Waals surface area contributed by atoms with E-state index in [-0.39, 0.29) is 24.2 Å². The predicted octanol–water partition coefficient (Wildman–Crippen LogP) is 6.07. The number of aromatic amines is 1. The molecule has 0 aliphatic carbocycles. The highest BCUT2D eigenvalue weighted by Gasteiger charge is 2.53. The molecule has 3 heterocycles. The van der Waals surface area contributed by atoms with Crippen molar-refractivity contribution in [2.45, 2.75) is 31.8 Å². The molecule has 0 bridgehead atoms. The Balaban J connectivity index is 1.16. The van der Waals surface area contributed by atoms with Crippen molar-refractivity contribution in [3.05, 3.63) is 136 Å². The molecule has 2 aliphatic rings. The number of aryl methyl sites for hydroxylation is 1. The summed E-state index contributed by atoms with van der Waals surface area (Å²) in [5.74, 6) is -0.909. The number of carbonyl (C=O) groups is 3. The van der Waals surface area contributed by atoms with Gasteiger partial charge in [-0.1, -0.05) is 60.7 Å². The molecule has 2 aliphatic heterocycles. The lowest BCUT2D eigenvalue weighted by molar-refractivity contribution is -0.120. The van der Waals surface area contributed by atoms with Crippen LogP contribution in [-0.4, -0.2) is 40.3 Å². The number of hydrogen-bond donors (Lipinski definition) is 2. The quantitative estimate of drug-likeness (QED) is 0.242. The maximum atomic E-state index is 14.1. The Kier molecular flexibility index (Phi) is 6.54. The largest absolute Gasteiger partial charge is 0.356 e. The monoisotopic (exact) mass is 572 g/mol. The van der Waals surface area contributed by atoms with Crippen LogP contribution >= 0.6 is 0 Å². The van der Waals surface area contributed by atoms with Gasteiger partial charge >= 0.3 is 6.03 Å². The molecule has 4 amide bonds. The third-order valence-electron chi connectivity index (χ3n) is 8.56. The van der Waals surface area contributed by atoms with Gasteiger partial charge in [0.15, 0.2) is 0 Å². The number of hydrogen-bond acceptors (Lipinski definition) is 3. The van der Waals surface area contributed by atoms with Crippen molar-refractivity contribution >= 4 is 34.4 Å². The summed E-state index contributed by atoms with van der Waals surface area (Å²) in [6.45, 7) is 2.29. The van der Waals surface area contributed by atoms with Crippen LogP contribution in [0.3, 0.4) is 0 Å². The van der Waals surface area contributed by atoms with Gasteiger partial charge in [0.05, 0.1) is 5.69 Å². The summed E-state index contributed by atoms with van der Waals surface area (Å²) in [5.41, 5.74) is 6.27. The van der Waals surface area contributed by atoms with Crippen LogP contribution in [0, 0.1) is 12.7 Å². The molecule has 43 heavy (non-hydrogen) atoms. The second-order valence-electron chi connectivity index (χ2n) is 11.0. The van der Waals surface area contributed by atoms with Gasteiger partial charge in [0.1, 0.15) is 17.9 Å². The van der Waals surface area contributed by atoms with Crippen molar-refractivity contribution < 1.29 is 18.8 Å². The SMILES string of the molecule is Cc1ccccc1C1c2[nH]c3ccccc3c2CC2C(=O)N(c3ccc(C(=O)NCCc4ccccc4F)cc3)C(=O)N21. The van der Waals surface area contributed by atoms with Crippen LogP contribution in [0.15, 0.2) is 97.1 Å². The number of benzene rings is 4. The van der Waals surface area contributed by atoms with Crippen molar-refractivity contribution in [2.75, 3.05) is 11.4 Å². The lowest BCUT2D eigenvalue weighted by atomic mass is 9.87. The number of imide groups is 1. The van der Waals surface area contributed by atoms with Crippen molar-refractivity contribution in [1.82, 2.24) is 15.2 Å². The molecular formula is C35H29FN4O3. The van der Waals surface area contributed by atoms with E-state index >= 15 is 0 Å². The first-order valence-electron chi connectivity index (χ1n) is 14.4. The minimum atomic E-state index is -0.662. The van der Waals surface area contributed by atoms with Crippen molar-refractivity contribution in [1.29, 1.82) is 0 Å². The van der Waals surface area contributed by atoms with Crippen LogP contribution in [0.2, 0.25) is 0 Å². The zero-order valence-electron chi connectivity index (χ0n) is 23.5. The Morgan fingerprint density at radius 3 is 2.44 bits per heavy atom. The molecule has 1 saturated heterocycles. The number of nitrogens with zero attached hydrogens (tertiary/aromatic N) is 2. The Morgan fingerprint density at radius 1 is 0.930 bits per heavy atom. The topological polar surface area (TPSA) is 85.5 Å². The van der Waals surface area contributed by atoms with Gasteiger partial charge in [-0.25, -0.2) is 14.1 Å². The Morgan fingerprint density at radius 2 is 1.65 bits per heavy atom. The first-order valence-corrected chi connectivity index (χ1v) is 14.4. The number of rotatable bonds is 6. The number of carbonyl (C=O) groups excluding carboxylic acids is 3. The van der Waals surface area contributed by atoms with E-state index in [0.29, 0.717) is 29.7 Å². The normalized spacial score (nSPS) is 17.7. The second-order valence-corrected chi connectivity index (χ2v) is 11.0. The third-order valence-corrected chi connectivity index (χ3v) is 8.56. The maximum Gasteiger partial charge on any atom is 0.332 e. The second kappa shape index (κ2) is 10.5. The molecule has 214 valence electrons. The molecular weight excluding hydrogens is 543 g/mol. The zero-order chi connectivity index (χ0) is 29.7. The maximum absolute atomic E-state index is 14.1. The molecule has 1 fully saturated rings. The van der Waals surface area contributed by atoms with E-state index in [9.17, 15) is 18.8 Å². The van der Waals surface area contributed by atoms with E-state index < -0.39 is 18.1 Å². The zero-order valence-corrected chi connectivity index (χ0v) is 23.5. The van der Waals surface area contributed by atoms with Crippen LogP contribution in [0.1, 0.15) is 44.3 Å². The van der Waals surface area contributed by atoms with Crippen molar-refractivity contribution in [3.63, 3.8) is 0 Å². The Hall–Kier alpha value is -5.24. The average molecular weight is 573 g/mol. The van der Waals surface area contributed by atoms with E-state index in [0.717, 1.165) is 33.3 Å². The number of aromatic nitrogens is 1. The summed E-state index contributed by atoms with van der Waals surface area (Å²) in [5, 5.41) is 3.86. The first-order chi connectivity index (χ1) is 20.9. The highest BCUT2D eigenvalue weighted by molar-refractivity contribution is 6.22. The van der Waals surface area contributed by atoms with E-state index in [1.807, 2.05) is 55.5 Å². The molecule has 2 atom stereocenters. The molecule has 2 N–H and O–H groups in total. The van der Waals surface area contributed by atoms with Gasteiger partial charge in [-0.3, -0.25) is 14.5 Å². The fraction of sp³-hybridized carbons (Fsp3) is 0.171. The smallest absolute Gasteiger partial charge is 0.332 e. The third kappa shape index (κ3) is 4.46. The molecule has 2 unspecified atom stereocenters. The standard InChI is InChI=1S/C35H29FN4O3/c1-21-8-2-4-10-25(21)32-31-27(26-11-5-7-13-29(26)38-31)20-30-34(42)39(35(43)40(30)32)24-16-14-23(15-17-24)33(41)37-19-18-22-9-3-6-12-28(22)36/h2-17,30,32,38H,18-20H2,1H3,(H,37,41). The van der Waals surface area contributed by atoms with Gasteiger partial charge in [0, 0.05) is 35.1 Å². The van der Waals surface area contributed by atoms with Crippen molar-refractivity contribution in [2.24, 2.45) is 0 Å². The van der Waals surface area contributed by atoms with Crippen LogP contribution < -0.4 is 10.2 Å². The summed E-state index contributed by atoms with van der Waals surface area (Å²) in [6.07, 6.45) is 0.773. The molecule has 4 aromatic carbocycles. The highest BCUT2D eigenvalue weighted by Crippen LogP contribution is 2.45. The van der Waals surface area contributed by atoms with Gasteiger partial charge < -0.3 is 10.3 Å². The van der Waals surface area contributed by atoms with Gasteiger partial charge in [0.2, 0.25) is 0 Å². The summed E-state index contributed by atoms with van der Waals surface area (Å²) in [6, 6.07) is 27.4. The molecule has 1 aromatic heterocycles. The average Bonchev–Trinajstić information content (AvgIpc) is 3.51. The molecule has 0 saturated carbocycles. The summed E-state index contributed by atoms with van der Waals surface area (Å²) >= 11 is 0. The van der Waals surface area contributed by atoms with E-state index in [1.165, 1.54) is 11.0 Å². The van der Waals surface area contributed by atoms with Crippen LogP contribution in [0.4, 0.5) is 14.9 Å². The minimum Gasteiger partial charge on any atom is -0.356 e. The number of anilines is 1. The molecule has 0 spiro atoms. The number of halogens is 1. The van der Waals surface area contributed by atoms with Gasteiger partial charge in [0.25, 0.3) is 11.8 Å². The van der Waals surface area contributed by atoms with Crippen LogP contribution in [0.5, 0.6) is 0 Å². The molecule has 5 aromatic rings. The molecule has 7 nitrogen and oxygen atoms in total. The Labute approximate surface area is 247 Å². The van der Waals surface area contributed by atoms with Gasteiger partial charge in [-0.05, 0) is 72.0 Å². The summed E-state index contributed by atoms with van der Waals surface area (Å²) in [7, 11) is 0. The number of urea groups is 1. The summed E-state index contributed by atoms with van der Waals surface area (Å²) in [4.78, 5) is 47.3. The highest BCUT2D eigenvalue weighted by atomic mass is 19.1. The number of amides is 4. The number of H-pyrrole nitrogens is 1. The number of para-hydroxylation sites is 1. The molecule has 8 heteroatoms. The van der Waals surface area contributed by atoms with Gasteiger partial charge in [-0.15, -0.1) is 0 Å². The van der Waals surface area contributed by atoms with Gasteiger partial charge in [-0.2, -0.15) is 0 Å². The summed E-state index contributed by atoms with van der Waals surface area (Å²) < 4.78 is 13.9.